The highest BCUT2D eigenvalue weighted by atomic mass is 79.9. The van der Waals surface area contributed by atoms with Gasteiger partial charge in [0.1, 0.15) is 5.52 Å². The minimum Gasteiger partial charge on any atom is -0.321 e. The van der Waals surface area contributed by atoms with Gasteiger partial charge in [-0.3, -0.25) is 9.89 Å². The Kier molecular flexibility index (Phi) is 2.65. The Balaban J connectivity index is 1.85. The third kappa shape index (κ3) is 2.04. The number of hydrogen-bond acceptors (Lipinski definition) is 3. The lowest BCUT2D eigenvalue weighted by Gasteiger charge is -2.00. The van der Waals surface area contributed by atoms with E-state index < -0.39 is 0 Å². The molecule has 0 radical (unpaired) electrons. The smallest absolute Gasteiger partial charge is 0.256 e. The van der Waals surface area contributed by atoms with Crippen LogP contribution < -0.4 is 5.32 Å². The number of aromatic nitrogens is 3. The van der Waals surface area contributed by atoms with E-state index in [0.29, 0.717) is 5.57 Å². The summed E-state index contributed by atoms with van der Waals surface area (Å²) in [6.07, 6.45) is 1.86. The molecule has 0 bridgehead atoms. The molecule has 2 heterocycles. The van der Waals surface area contributed by atoms with Crippen LogP contribution in [0.25, 0.3) is 22.7 Å². The molecule has 0 saturated heterocycles. The van der Waals surface area contributed by atoms with Gasteiger partial charge in [0.25, 0.3) is 5.91 Å². The minimum absolute atomic E-state index is 0.0941. The zero-order chi connectivity index (χ0) is 14.4. The summed E-state index contributed by atoms with van der Waals surface area (Å²) in [5.41, 5.74) is 4.93. The molecular weight excluding hydrogens is 332 g/mol. The molecule has 0 atom stereocenters. The number of carbonyl (C=O) groups excluding carboxylic acids is 1. The van der Waals surface area contributed by atoms with Gasteiger partial charge in [-0.15, -0.1) is 5.10 Å². The second kappa shape index (κ2) is 4.53. The average molecular weight is 341 g/mol. The summed E-state index contributed by atoms with van der Waals surface area (Å²) in [6, 6.07) is 11.5. The molecule has 2 aromatic carbocycles. The molecule has 6 heteroatoms. The van der Waals surface area contributed by atoms with Crippen molar-refractivity contribution in [2.24, 2.45) is 0 Å². The normalized spacial score (nSPS) is 15.5. The van der Waals surface area contributed by atoms with Gasteiger partial charge in [-0.2, -0.15) is 0 Å². The van der Waals surface area contributed by atoms with Gasteiger partial charge in [0.15, 0.2) is 0 Å². The zero-order valence-corrected chi connectivity index (χ0v) is 12.3. The van der Waals surface area contributed by atoms with Crippen molar-refractivity contribution in [1.82, 2.24) is 15.4 Å². The van der Waals surface area contributed by atoms with Crippen LogP contribution in [0.1, 0.15) is 11.1 Å². The van der Waals surface area contributed by atoms with Gasteiger partial charge in [0.2, 0.25) is 0 Å². The monoisotopic (exact) mass is 340 g/mol. The highest BCUT2D eigenvalue weighted by molar-refractivity contribution is 9.10. The molecule has 21 heavy (non-hydrogen) atoms. The Bertz CT molecular complexity index is 913. The number of carbonyl (C=O) groups is 1. The molecule has 1 aliphatic rings. The van der Waals surface area contributed by atoms with Crippen molar-refractivity contribution in [2.75, 3.05) is 5.32 Å². The number of benzene rings is 2. The maximum absolute atomic E-state index is 12.1. The molecule has 3 aromatic rings. The number of aromatic amines is 1. The van der Waals surface area contributed by atoms with E-state index in [0.717, 1.165) is 32.3 Å². The highest BCUT2D eigenvalue weighted by Crippen LogP contribution is 2.35. The van der Waals surface area contributed by atoms with Crippen LogP contribution in [0.2, 0.25) is 0 Å². The summed E-state index contributed by atoms with van der Waals surface area (Å²) in [4.78, 5) is 12.1. The molecule has 5 nitrogen and oxygen atoms in total. The molecule has 1 amide bonds. The number of anilines is 1. The van der Waals surface area contributed by atoms with Gasteiger partial charge in [0, 0.05) is 21.3 Å². The van der Waals surface area contributed by atoms with Gasteiger partial charge >= 0.3 is 0 Å². The molecule has 4 rings (SSSR count). The molecule has 1 aromatic heterocycles. The van der Waals surface area contributed by atoms with E-state index in [2.05, 4.69) is 36.7 Å². The fourth-order valence-electron chi connectivity index (χ4n) is 2.42. The summed E-state index contributed by atoms with van der Waals surface area (Å²) in [5.74, 6) is -0.0941. The van der Waals surface area contributed by atoms with E-state index >= 15 is 0 Å². The number of H-pyrrole nitrogens is 1. The summed E-state index contributed by atoms with van der Waals surface area (Å²) < 4.78 is 0.940. The van der Waals surface area contributed by atoms with E-state index in [1.54, 1.807) is 0 Å². The lowest BCUT2D eigenvalue weighted by atomic mass is 10.0. The van der Waals surface area contributed by atoms with Crippen LogP contribution >= 0.6 is 15.9 Å². The number of hydrogen-bond donors (Lipinski definition) is 2. The van der Waals surface area contributed by atoms with Crippen LogP contribution in [0.5, 0.6) is 0 Å². The highest BCUT2D eigenvalue weighted by Gasteiger charge is 2.24. The summed E-state index contributed by atoms with van der Waals surface area (Å²) >= 11 is 3.44. The molecule has 2 N–H and O–H groups in total. The van der Waals surface area contributed by atoms with Crippen molar-refractivity contribution < 1.29 is 4.79 Å². The van der Waals surface area contributed by atoms with Crippen LogP contribution in [0, 0.1) is 0 Å². The summed E-state index contributed by atoms with van der Waals surface area (Å²) in [6.45, 7) is 0. The van der Waals surface area contributed by atoms with Crippen LogP contribution in [0.4, 0.5) is 5.69 Å². The first-order chi connectivity index (χ1) is 10.2. The van der Waals surface area contributed by atoms with E-state index in [4.69, 9.17) is 0 Å². The predicted molar refractivity (Wildman–Crippen MR) is 84.5 cm³/mol. The van der Waals surface area contributed by atoms with E-state index in [9.17, 15) is 4.79 Å². The molecule has 0 saturated carbocycles. The Morgan fingerprint density at radius 3 is 2.95 bits per heavy atom. The second-order valence-electron chi connectivity index (χ2n) is 4.79. The lowest BCUT2D eigenvalue weighted by Crippen LogP contribution is -2.03. The number of nitrogens with one attached hydrogen (secondary N) is 2. The third-order valence-corrected chi connectivity index (χ3v) is 3.92. The number of fused-ring (bicyclic) bond motifs is 2. The zero-order valence-electron chi connectivity index (χ0n) is 10.7. The van der Waals surface area contributed by atoms with Gasteiger partial charge < -0.3 is 5.32 Å². The fourth-order valence-corrected chi connectivity index (χ4v) is 2.78. The lowest BCUT2D eigenvalue weighted by molar-refractivity contribution is -0.110. The first kappa shape index (κ1) is 12.3. The maximum atomic E-state index is 12.1. The first-order valence-corrected chi connectivity index (χ1v) is 7.14. The number of amides is 1. The van der Waals surface area contributed by atoms with Gasteiger partial charge in [-0.25, -0.2) is 0 Å². The second-order valence-corrected chi connectivity index (χ2v) is 5.71. The van der Waals surface area contributed by atoms with Crippen molar-refractivity contribution in [2.45, 2.75) is 0 Å². The van der Waals surface area contributed by atoms with Crippen LogP contribution in [0.15, 0.2) is 40.9 Å². The summed E-state index contributed by atoms with van der Waals surface area (Å²) in [5, 5.41) is 13.4. The molecule has 0 aliphatic carbocycles. The van der Waals surface area contributed by atoms with Gasteiger partial charge in [-0.1, -0.05) is 27.2 Å². The molecule has 102 valence electrons. The minimum atomic E-state index is -0.0941. The molecule has 0 fully saturated rings. The fraction of sp³-hybridized carbons (Fsp3) is 0. The van der Waals surface area contributed by atoms with Crippen LogP contribution in [-0.4, -0.2) is 21.3 Å². The average Bonchev–Trinajstić information content (AvgIpc) is 3.04. The molecular formula is C15H9BrN4O. The summed E-state index contributed by atoms with van der Waals surface area (Å²) in [7, 11) is 0. The first-order valence-electron chi connectivity index (χ1n) is 6.34. The van der Waals surface area contributed by atoms with Gasteiger partial charge in [-0.05, 0) is 42.0 Å². The Morgan fingerprint density at radius 2 is 2.05 bits per heavy atom. The molecule has 0 unspecified atom stereocenters. The predicted octanol–water partition coefficient (Wildman–Crippen LogP) is 3.21. The SMILES string of the molecule is O=C1Nc2ccc(Br)cc2/C1=C\c1ccc2[nH]nnc2c1. The van der Waals surface area contributed by atoms with Crippen molar-refractivity contribution >= 4 is 50.2 Å². The number of halogens is 1. The Morgan fingerprint density at radius 1 is 1.14 bits per heavy atom. The number of rotatable bonds is 1. The van der Waals surface area contributed by atoms with Crippen LogP contribution in [-0.2, 0) is 4.79 Å². The topological polar surface area (TPSA) is 70.7 Å². The standard InChI is InChI=1S/C15H9BrN4O/c16-9-2-4-12-10(7-9)11(15(21)17-12)5-8-1-3-13-14(6-8)19-20-18-13/h1-7H,(H,17,21)(H,18,19,20)/b11-5+. The Labute approximate surface area is 128 Å². The van der Waals surface area contributed by atoms with E-state index in [1.807, 2.05) is 42.5 Å². The van der Waals surface area contributed by atoms with Crippen LogP contribution in [0.3, 0.4) is 0 Å². The quantitative estimate of drug-likeness (QED) is 0.668. The van der Waals surface area contributed by atoms with Crippen molar-refractivity contribution in [1.29, 1.82) is 0 Å². The largest absolute Gasteiger partial charge is 0.321 e. The molecule has 0 spiro atoms. The van der Waals surface area contributed by atoms with E-state index in [1.165, 1.54) is 0 Å². The van der Waals surface area contributed by atoms with Crippen molar-refractivity contribution in [3.05, 3.63) is 52.0 Å². The van der Waals surface area contributed by atoms with Crippen molar-refractivity contribution in [3.8, 4) is 0 Å². The maximum Gasteiger partial charge on any atom is 0.256 e. The third-order valence-electron chi connectivity index (χ3n) is 3.43. The molecule has 1 aliphatic heterocycles. The number of nitrogens with zero attached hydrogens (tertiary/aromatic N) is 2. The van der Waals surface area contributed by atoms with Crippen molar-refractivity contribution in [3.63, 3.8) is 0 Å². The van der Waals surface area contributed by atoms with Gasteiger partial charge in [0.05, 0.1) is 5.52 Å². The Hall–Kier alpha value is -2.47. The van der Waals surface area contributed by atoms with E-state index in [-0.39, 0.29) is 5.91 Å².